The van der Waals surface area contributed by atoms with Gasteiger partial charge in [-0.3, -0.25) is 4.79 Å². The molecule has 1 saturated heterocycles. The highest BCUT2D eigenvalue weighted by Gasteiger charge is 2.24. The van der Waals surface area contributed by atoms with E-state index in [0.29, 0.717) is 12.1 Å². The first kappa shape index (κ1) is 18.7. The smallest absolute Gasteiger partial charge is 0.152 e. The van der Waals surface area contributed by atoms with Crippen molar-refractivity contribution >= 4 is 39.9 Å². The van der Waals surface area contributed by atoms with E-state index in [1.807, 2.05) is 12.3 Å². The van der Waals surface area contributed by atoms with Crippen LogP contribution in [-0.4, -0.2) is 40.4 Å². The molecule has 1 aliphatic heterocycles. The molecule has 4 rings (SSSR count). The molecule has 0 saturated carbocycles. The number of piperidine rings is 1. The maximum atomic E-state index is 13.2. The van der Waals surface area contributed by atoms with Gasteiger partial charge in [-0.15, -0.1) is 0 Å². The lowest BCUT2D eigenvalue weighted by Crippen LogP contribution is -2.37. The fourth-order valence-electron chi connectivity index (χ4n) is 3.74. The largest absolute Gasteiger partial charge is 0.378 e. The number of ketones is 1. The molecule has 1 unspecified atom stereocenters. The van der Waals surface area contributed by atoms with Crippen LogP contribution in [0.2, 0.25) is 5.02 Å². The van der Waals surface area contributed by atoms with Gasteiger partial charge < -0.3 is 15.2 Å². The molecule has 3 aromatic rings. The zero-order chi connectivity index (χ0) is 19.5. The molecule has 0 spiro atoms. The highest BCUT2D eigenvalue weighted by Crippen LogP contribution is 2.28. The quantitative estimate of drug-likeness (QED) is 0.652. The molecule has 0 aliphatic carbocycles. The average Bonchev–Trinajstić information content (AvgIpc) is 3.18. The number of Topliss-reactive ketones (excluding diaryl/α,β-unsaturated/α-hetero) is 1. The van der Waals surface area contributed by atoms with E-state index in [0.717, 1.165) is 42.8 Å². The van der Waals surface area contributed by atoms with Crippen molar-refractivity contribution in [3.63, 3.8) is 0 Å². The molecule has 0 amide bonds. The molecule has 1 fully saturated rings. The summed E-state index contributed by atoms with van der Waals surface area (Å²) in [6.07, 6.45) is 5.97. The predicted molar refractivity (Wildman–Crippen MR) is 108 cm³/mol. The molecule has 2 N–H and O–H groups in total. The Labute approximate surface area is 167 Å². The molecule has 6 nitrogen and oxygen atoms in total. The summed E-state index contributed by atoms with van der Waals surface area (Å²) in [5.41, 5.74) is 1.46. The van der Waals surface area contributed by atoms with Gasteiger partial charge in [0.15, 0.2) is 5.78 Å². The van der Waals surface area contributed by atoms with Crippen LogP contribution in [0.4, 0.5) is 15.9 Å². The second-order valence-corrected chi connectivity index (χ2v) is 7.52. The van der Waals surface area contributed by atoms with Crippen molar-refractivity contribution in [2.45, 2.75) is 19.3 Å². The summed E-state index contributed by atoms with van der Waals surface area (Å²) in [6, 6.07) is 6.34. The molecular weight excluding hydrogens is 381 g/mol. The normalized spacial score (nSPS) is 17.1. The van der Waals surface area contributed by atoms with Crippen molar-refractivity contribution in [1.29, 1.82) is 0 Å². The Balaban J connectivity index is 1.35. The number of carbonyl (C=O) groups excluding carboxylic acids is 1. The third-order valence-electron chi connectivity index (χ3n) is 5.08. The maximum Gasteiger partial charge on any atom is 0.152 e. The van der Waals surface area contributed by atoms with Crippen LogP contribution in [0.3, 0.4) is 0 Å². The third-order valence-corrected chi connectivity index (χ3v) is 5.37. The summed E-state index contributed by atoms with van der Waals surface area (Å²) in [5.74, 6) is 0.857. The number of H-pyrrole nitrogens is 1. The van der Waals surface area contributed by atoms with Crippen LogP contribution in [0.5, 0.6) is 0 Å². The zero-order valence-corrected chi connectivity index (χ0v) is 16.0. The van der Waals surface area contributed by atoms with Crippen molar-refractivity contribution in [3.8, 4) is 0 Å². The van der Waals surface area contributed by atoms with Gasteiger partial charge in [-0.05, 0) is 43.0 Å². The summed E-state index contributed by atoms with van der Waals surface area (Å²) >= 11 is 5.77. The lowest BCUT2D eigenvalue weighted by molar-refractivity contribution is -0.118. The molecule has 1 atom stereocenters. The molecule has 1 aromatic carbocycles. The molecule has 2 aromatic heterocycles. The lowest BCUT2D eigenvalue weighted by Gasteiger charge is -2.33. The van der Waals surface area contributed by atoms with Crippen LogP contribution in [0.25, 0.3) is 11.0 Å². The zero-order valence-electron chi connectivity index (χ0n) is 15.3. The average molecular weight is 402 g/mol. The monoisotopic (exact) mass is 401 g/mol. The van der Waals surface area contributed by atoms with E-state index in [4.69, 9.17) is 11.6 Å². The number of nitrogens with one attached hydrogen (secondary N) is 2. The minimum absolute atomic E-state index is 0.0429. The summed E-state index contributed by atoms with van der Waals surface area (Å²) < 4.78 is 13.2. The second-order valence-electron chi connectivity index (χ2n) is 7.12. The Morgan fingerprint density at radius 2 is 2.25 bits per heavy atom. The van der Waals surface area contributed by atoms with Gasteiger partial charge in [0.1, 0.15) is 23.6 Å². The van der Waals surface area contributed by atoms with Gasteiger partial charge in [0, 0.05) is 31.4 Å². The summed E-state index contributed by atoms with van der Waals surface area (Å²) in [7, 11) is 0. The number of nitrogens with zero attached hydrogens (tertiary/aromatic N) is 3. The number of halogens is 2. The highest BCUT2D eigenvalue weighted by atomic mass is 35.5. The predicted octanol–water partition coefficient (Wildman–Crippen LogP) is 4.04. The summed E-state index contributed by atoms with van der Waals surface area (Å²) in [4.78, 5) is 26.5. The standard InChI is InChI=1S/C20H21ClFN5O/c21-17-9-14(3-4-18(17)22)24-10-15(28)8-13-2-1-7-27(11-13)20-16-5-6-23-19(16)25-12-26-20/h3-6,9,12-13,24H,1-2,7-8,10-11H2,(H,23,25,26). The Hall–Kier alpha value is -2.67. The van der Waals surface area contributed by atoms with Gasteiger partial charge >= 0.3 is 0 Å². The van der Waals surface area contributed by atoms with Gasteiger partial charge in [-0.25, -0.2) is 14.4 Å². The molecule has 3 heterocycles. The van der Waals surface area contributed by atoms with E-state index in [9.17, 15) is 9.18 Å². The first-order valence-electron chi connectivity index (χ1n) is 9.34. The van der Waals surface area contributed by atoms with Gasteiger partial charge in [0.2, 0.25) is 0 Å². The Morgan fingerprint density at radius 1 is 1.36 bits per heavy atom. The Bertz CT molecular complexity index is 992. The van der Waals surface area contributed by atoms with Crippen LogP contribution >= 0.6 is 11.6 Å². The molecular formula is C20H21ClFN5O. The molecule has 1 aliphatic rings. The Morgan fingerprint density at radius 3 is 3.11 bits per heavy atom. The first-order chi connectivity index (χ1) is 13.6. The fourth-order valence-corrected chi connectivity index (χ4v) is 3.92. The van der Waals surface area contributed by atoms with Crippen LogP contribution in [0, 0.1) is 11.7 Å². The van der Waals surface area contributed by atoms with E-state index in [2.05, 4.69) is 25.2 Å². The summed E-state index contributed by atoms with van der Waals surface area (Å²) in [6.45, 7) is 1.92. The number of anilines is 2. The first-order valence-corrected chi connectivity index (χ1v) is 9.71. The molecule has 28 heavy (non-hydrogen) atoms. The van der Waals surface area contributed by atoms with Crippen LogP contribution in [0.15, 0.2) is 36.8 Å². The van der Waals surface area contributed by atoms with Crippen molar-refractivity contribution < 1.29 is 9.18 Å². The number of aromatic amines is 1. The van der Waals surface area contributed by atoms with Crippen molar-refractivity contribution in [2.75, 3.05) is 29.9 Å². The topological polar surface area (TPSA) is 73.9 Å². The molecule has 0 radical (unpaired) electrons. The van der Waals surface area contributed by atoms with E-state index in [-0.39, 0.29) is 23.3 Å². The van der Waals surface area contributed by atoms with E-state index >= 15 is 0 Å². The molecule has 146 valence electrons. The van der Waals surface area contributed by atoms with Gasteiger partial charge in [-0.2, -0.15) is 0 Å². The van der Waals surface area contributed by atoms with Gasteiger partial charge in [-0.1, -0.05) is 11.6 Å². The number of rotatable bonds is 6. The van der Waals surface area contributed by atoms with Crippen molar-refractivity contribution in [1.82, 2.24) is 15.0 Å². The second kappa shape index (κ2) is 8.14. The van der Waals surface area contributed by atoms with E-state index < -0.39 is 5.82 Å². The SMILES string of the molecule is O=C(CNc1ccc(F)c(Cl)c1)CC1CCCN(c2ncnc3[nH]ccc23)C1. The van der Waals surface area contributed by atoms with Crippen LogP contribution in [0.1, 0.15) is 19.3 Å². The minimum Gasteiger partial charge on any atom is -0.378 e. The van der Waals surface area contributed by atoms with E-state index in [1.54, 1.807) is 12.4 Å². The Kier molecular flexibility index (Phi) is 5.43. The minimum atomic E-state index is -0.470. The highest BCUT2D eigenvalue weighted by molar-refractivity contribution is 6.31. The van der Waals surface area contributed by atoms with Crippen molar-refractivity contribution in [2.24, 2.45) is 5.92 Å². The number of hydrogen-bond donors (Lipinski definition) is 2. The number of aromatic nitrogens is 3. The van der Waals surface area contributed by atoms with Crippen LogP contribution in [-0.2, 0) is 4.79 Å². The van der Waals surface area contributed by atoms with Crippen LogP contribution < -0.4 is 10.2 Å². The lowest BCUT2D eigenvalue weighted by atomic mass is 9.92. The number of benzene rings is 1. The fraction of sp³-hybridized carbons (Fsp3) is 0.350. The van der Waals surface area contributed by atoms with Gasteiger partial charge in [0.05, 0.1) is 17.0 Å². The molecule has 0 bridgehead atoms. The van der Waals surface area contributed by atoms with Crippen molar-refractivity contribution in [3.05, 3.63) is 47.6 Å². The number of fused-ring (bicyclic) bond motifs is 1. The maximum absolute atomic E-state index is 13.2. The summed E-state index contributed by atoms with van der Waals surface area (Å²) in [5, 5.41) is 4.07. The number of hydrogen-bond acceptors (Lipinski definition) is 5. The number of carbonyl (C=O) groups is 1. The molecule has 8 heteroatoms. The third kappa shape index (κ3) is 4.09. The van der Waals surface area contributed by atoms with Gasteiger partial charge in [0.25, 0.3) is 0 Å². The van der Waals surface area contributed by atoms with E-state index in [1.165, 1.54) is 12.1 Å².